The van der Waals surface area contributed by atoms with Crippen LogP contribution in [0.2, 0.25) is 0 Å². The third-order valence-electron chi connectivity index (χ3n) is 7.96. The van der Waals surface area contributed by atoms with Crippen molar-refractivity contribution in [2.24, 2.45) is 0 Å². The monoisotopic (exact) mass is 565 g/mol. The second-order valence-corrected chi connectivity index (χ2v) is 10.8. The summed E-state index contributed by atoms with van der Waals surface area (Å²) in [6.07, 6.45) is 7.45. The molecule has 6 rings (SSSR count). The lowest BCUT2D eigenvalue weighted by molar-refractivity contribution is 0.787. The molecule has 0 radical (unpaired) electrons. The number of anilines is 8. The molecule has 0 fully saturated rings. The molecule has 5 aromatic rings. The van der Waals surface area contributed by atoms with E-state index in [1.807, 2.05) is 54.6 Å². The number of hydrogen-bond donors (Lipinski definition) is 6. The van der Waals surface area contributed by atoms with Gasteiger partial charge in [-0.25, -0.2) is 0 Å². The van der Waals surface area contributed by atoms with Crippen LogP contribution in [-0.2, 0) is 0 Å². The van der Waals surface area contributed by atoms with Crippen LogP contribution in [0.1, 0.15) is 12.0 Å². The molecule has 0 saturated heterocycles. The van der Waals surface area contributed by atoms with Gasteiger partial charge in [-0.05, 0) is 100 Å². The molecule has 1 aliphatic rings. The molecule has 0 spiro atoms. The summed E-state index contributed by atoms with van der Waals surface area (Å²) in [5.41, 5.74) is 48.0. The van der Waals surface area contributed by atoms with E-state index in [0.29, 0.717) is 34.1 Å². The Bertz CT molecular complexity index is 1760. The van der Waals surface area contributed by atoms with Gasteiger partial charge in [0.15, 0.2) is 0 Å². The van der Waals surface area contributed by atoms with Gasteiger partial charge in [0.25, 0.3) is 0 Å². The molecule has 1 unspecified atom stereocenters. The lowest BCUT2D eigenvalue weighted by atomic mass is 9.94. The number of hydrogen-bond acceptors (Lipinski definition) is 7. The molecule has 214 valence electrons. The number of nitrogens with two attached hydrogens (primary N) is 6. The summed E-state index contributed by atoms with van der Waals surface area (Å²) in [7, 11) is 0. The van der Waals surface area contributed by atoms with Crippen molar-refractivity contribution in [3.8, 4) is 22.3 Å². The van der Waals surface area contributed by atoms with E-state index in [0.717, 1.165) is 51.2 Å². The van der Waals surface area contributed by atoms with Crippen molar-refractivity contribution >= 4 is 51.1 Å². The minimum absolute atomic E-state index is 0.0888. The summed E-state index contributed by atoms with van der Waals surface area (Å²) in [6, 6.07) is 34.4. The maximum absolute atomic E-state index is 6.08. The summed E-state index contributed by atoms with van der Waals surface area (Å²) in [6.45, 7) is 0. The van der Waals surface area contributed by atoms with Gasteiger partial charge in [-0.1, -0.05) is 60.7 Å². The highest BCUT2D eigenvalue weighted by molar-refractivity contribution is 5.82. The molecule has 0 bridgehead atoms. The summed E-state index contributed by atoms with van der Waals surface area (Å²) in [5.74, 6) is 0. The topological polar surface area (TPSA) is 159 Å². The van der Waals surface area contributed by atoms with Gasteiger partial charge in [-0.15, -0.1) is 0 Å². The van der Waals surface area contributed by atoms with E-state index < -0.39 is 0 Å². The number of nitrogen functional groups attached to an aromatic ring is 6. The molecule has 0 heterocycles. The minimum atomic E-state index is 0.0888. The summed E-state index contributed by atoms with van der Waals surface area (Å²) < 4.78 is 0. The van der Waals surface area contributed by atoms with Crippen molar-refractivity contribution in [1.82, 2.24) is 0 Å². The number of nitrogens with zero attached hydrogens (tertiary/aromatic N) is 1. The van der Waals surface area contributed by atoms with Crippen molar-refractivity contribution in [2.75, 3.05) is 39.3 Å². The lowest BCUT2D eigenvalue weighted by Crippen LogP contribution is -2.30. The fourth-order valence-electron chi connectivity index (χ4n) is 5.44. The minimum Gasteiger partial charge on any atom is -0.397 e. The number of rotatable bonds is 6. The molecule has 0 saturated carbocycles. The third-order valence-corrected chi connectivity index (χ3v) is 7.96. The summed E-state index contributed by atoms with van der Waals surface area (Å²) >= 11 is 0. The largest absolute Gasteiger partial charge is 0.397 e. The predicted octanol–water partition coefficient (Wildman–Crippen LogP) is 7.06. The molecule has 7 heteroatoms. The molecule has 7 nitrogen and oxygen atoms in total. The second-order valence-electron chi connectivity index (χ2n) is 10.8. The lowest BCUT2D eigenvalue weighted by Gasteiger charge is -2.33. The van der Waals surface area contributed by atoms with Crippen LogP contribution >= 0.6 is 0 Å². The van der Waals surface area contributed by atoms with Crippen LogP contribution < -0.4 is 39.3 Å². The molecular formula is C36H35N7. The fourth-order valence-corrected chi connectivity index (χ4v) is 5.44. The predicted molar refractivity (Wildman–Crippen MR) is 184 cm³/mol. The molecule has 1 atom stereocenters. The van der Waals surface area contributed by atoms with E-state index in [1.165, 1.54) is 0 Å². The average Bonchev–Trinajstić information content (AvgIpc) is 3.02. The van der Waals surface area contributed by atoms with Crippen LogP contribution in [0.15, 0.2) is 121 Å². The molecule has 0 aliphatic heterocycles. The van der Waals surface area contributed by atoms with Gasteiger partial charge in [0.2, 0.25) is 0 Å². The SMILES string of the molecule is Nc1ccc(C2=CCC(N(c3ccc(-c4ccc(N)c(N)c4)cc3)c3ccc(-c4ccc(N)c(N)c4)cc3)C=C2)cc1N. The van der Waals surface area contributed by atoms with E-state index in [-0.39, 0.29) is 6.04 Å². The van der Waals surface area contributed by atoms with Gasteiger partial charge in [0, 0.05) is 11.4 Å². The Morgan fingerprint density at radius 2 is 0.837 bits per heavy atom. The van der Waals surface area contributed by atoms with E-state index in [4.69, 9.17) is 34.4 Å². The normalized spacial score (nSPS) is 14.3. The van der Waals surface area contributed by atoms with Crippen LogP contribution in [0.25, 0.3) is 27.8 Å². The zero-order chi connectivity index (χ0) is 30.1. The molecule has 0 aromatic heterocycles. The Kier molecular flexibility index (Phi) is 7.14. The number of benzene rings is 5. The number of allylic oxidation sites excluding steroid dienone is 2. The van der Waals surface area contributed by atoms with Gasteiger partial charge >= 0.3 is 0 Å². The molecule has 5 aromatic carbocycles. The van der Waals surface area contributed by atoms with E-state index >= 15 is 0 Å². The molecule has 12 N–H and O–H groups in total. The molecule has 1 aliphatic carbocycles. The molecule has 0 amide bonds. The Morgan fingerprint density at radius 3 is 1.23 bits per heavy atom. The maximum atomic E-state index is 6.08. The zero-order valence-corrected chi connectivity index (χ0v) is 23.7. The van der Waals surface area contributed by atoms with E-state index in [1.54, 1.807) is 0 Å². The smallest absolute Gasteiger partial charge is 0.0560 e. The van der Waals surface area contributed by atoms with Crippen LogP contribution in [0.5, 0.6) is 0 Å². The first-order valence-corrected chi connectivity index (χ1v) is 14.1. The standard InChI is InChI=1S/C36H35N7/c37-31-16-7-25(19-34(31)40)22-1-10-28(11-2-22)43(29-12-3-23(4-13-29)26-8-17-32(38)35(41)20-26)30-14-5-24(6-15-30)27-9-18-33(39)36(42)21-27/h1-14,16-21,30H,15,37-42H2. The molecule has 43 heavy (non-hydrogen) atoms. The Balaban J connectivity index is 1.34. The summed E-state index contributed by atoms with van der Waals surface area (Å²) in [5, 5.41) is 0. The van der Waals surface area contributed by atoms with Crippen LogP contribution in [0.4, 0.5) is 45.5 Å². The van der Waals surface area contributed by atoms with Crippen molar-refractivity contribution in [3.05, 3.63) is 127 Å². The van der Waals surface area contributed by atoms with Gasteiger partial charge < -0.3 is 39.3 Å². The van der Waals surface area contributed by atoms with E-state index in [2.05, 4.69) is 71.7 Å². The van der Waals surface area contributed by atoms with Gasteiger partial charge in [-0.2, -0.15) is 0 Å². The van der Waals surface area contributed by atoms with Crippen LogP contribution in [-0.4, -0.2) is 6.04 Å². The first-order chi connectivity index (χ1) is 20.8. The molecular weight excluding hydrogens is 530 g/mol. The van der Waals surface area contributed by atoms with Crippen molar-refractivity contribution in [3.63, 3.8) is 0 Å². The Morgan fingerprint density at radius 1 is 0.442 bits per heavy atom. The van der Waals surface area contributed by atoms with Crippen LogP contribution in [0.3, 0.4) is 0 Å². The summed E-state index contributed by atoms with van der Waals surface area (Å²) in [4.78, 5) is 2.35. The zero-order valence-electron chi connectivity index (χ0n) is 23.7. The first kappa shape index (κ1) is 27.4. The van der Waals surface area contributed by atoms with Crippen molar-refractivity contribution < 1.29 is 0 Å². The highest BCUT2D eigenvalue weighted by atomic mass is 15.2. The Hall–Kier alpha value is -5.82. The Labute approximate surface area is 251 Å². The highest BCUT2D eigenvalue weighted by Gasteiger charge is 2.21. The van der Waals surface area contributed by atoms with Gasteiger partial charge in [0.05, 0.1) is 40.2 Å². The third kappa shape index (κ3) is 5.56. The quantitative estimate of drug-likeness (QED) is 0.120. The highest BCUT2D eigenvalue weighted by Crippen LogP contribution is 2.37. The maximum Gasteiger partial charge on any atom is 0.0560 e. The van der Waals surface area contributed by atoms with Crippen LogP contribution in [0, 0.1) is 0 Å². The van der Waals surface area contributed by atoms with E-state index in [9.17, 15) is 0 Å². The second kappa shape index (κ2) is 11.2. The van der Waals surface area contributed by atoms with Crippen molar-refractivity contribution in [1.29, 1.82) is 0 Å². The van der Waals surface area contributed by atoms with Crippen molar-refractivity contribution in [2.45, 2.75) is 12.5 Å². The average molecular weight is 566 g/mol. The van der Waals surface area contributed by atoms with Gasteiger partial charge in [0.1, 0.15) is 0 Å². The fraction of sp³-hybridized carbons (Fsp3) is 0.0556. The van der Waals surface area contributed by atoms with Gasteiger partial charge in [-0.3, -0.25) is 0 Å². The first-order valence-electron chi connectivity index (χ1n) is 14.1.